The van der Waals surface area contributed by atoms with E-state index in [0.29, 0.717) is 37.8 Å². The van der Waals surface area contributed by atoms with Crippen molar-refractivity contribution >= 4 is 23.5 Å². The maximum Gasteiger partial charge on any atom is 0.272 e. The largest absolute Gasteiger partial charge is 0.339 e. The Kier molecular flexibility index (Phi) is 5.63. The molecular formula is C21H27N5O2. The normalized spacial score (nSPS) is 14.2. The van der Waals surface area contributed by atoms with Gasteiger partial charge in [-0.05, 0) is 44.9 Å². The third-order valence-electron chi connectivity index (χ3n) is 5.00. The summed E-state index contributed by atoms with van der Waals surface area (Å²) in [6.45, 7) is 11.7. The van der Waals surface area contributed by atoms with E-state index >= 15 is 0 Å². The van der Waals surface area contributed by atoms with E-state index < -0.39 is 0 Å². The highest BCUT2D eigenvalue weighted by Gasteiger charge is 2.24. The summed E-state index contributed by atoms with van der Waals surface area (Å²) in [5.74, 6) is 0.329. The first-order chi connectivity index (χ1) is 13.2. The van der Waals surface area contributed by atoms with Crippen LogP contribution in [-0.2, 0) is 4.79 Å². The molecular weight excluding hydrogens is 354 g/mol. The fraction of sp³-hybridized carbons (Fsp3) is 0.429. The Balaban J connectivity index is 1.80. The van der Waals surface area contributed by atoms with Crippen molar-refractivity contribution in [1.82, 2.24) is 19.8 Å². The van der Waals surface area contributed by atoms with Gasteiger partial charge in [0.25, 0.3) is 5.91 Å². The summed E-state index contributed by atoms with van der Waals surface area (Å²) < 4.78 is 0. The second-order valence-corrected chi connectivity index (χ2v) is 7.42. The minimum atomic E-state index is -0.130. The van der Waals surface area contributed by atoms with Crippen LogP contribution in [0.25, 0.3) is 0 Å². The molecule has 0 atom stereocenters. The van der Waals surface area contributed by atoms with Crippen LogP contribution in [0, 0.1) is 27.7 Å². The summed E-state index contributed by atoms with van der Waals surface area (Å²) in [5.41, 5.74) is 5.47. The molecule has 1 aromatic heterocycles. The standard InChI is InChI=1S/C21H27N5O2/c1-13-10-14(2)19(15(3)11-13)24-21-22-16(4)12-18(23-21)20(28)26-8-6-25(7-9-26)17(5)27/h10-12H,6-9H2,1-5H3,(H,22,23,24). The minimum Gasteiger partial charge on any atom is -0.339 e. The number of nitrogens with one attached hydrogen (secondary N) is 1. The van der Waals surface area contributed by atoms with Gasteiger partial charge in [0.05, 0.1) is 0 Å². The molecule has 0 unspecified atom stereocenters. The summed E-state index contributed by atoms with van der Waals surface area (Å²) in [6.07, 6.45) is 0. The monoisotopic (exact) mass is 381 g/mol. The number of carbonyl (C=O) groups excluding carboxylic acids is 2. The number of aromatic nitrogens is 2. The van der Waals surface area contributed by atoms with Gasteiger partial charge in [0.1, 0.15) is 5.69 Å². The second kappa shape index (κ2) is 7.96. The smallest absolute Gasteiger partial charge is 0.272 e. The summed E-state index contributed by atoms with van der Waals surface area (Å²) in [6, 6.07) is 5.91. The Labute approximate surface area is 165 Å². The molecule has 7 heteroatoms. The number of nitrogens with zero attached hydrogens (tertiary/aromatic N) is 4. The van der Waals surface area contributed by atoms with Gasteiger partial charge in [-0.15, -0.1) is 0 Å². The van der Waals surface area contributed by atoms with Crippen LogP contribution in [0.4, 0.5) is 11.6 Å². The fourth-order valence-corrected chi connectivity index (χ4v) is 3.61. The lowest BCUT2D eigenvalue weighted by Gasteiger charge is -2.34. The molecule has 0 saturated carbocycles. The van der Waals surface area contributed by atoms with E-state index in [1.807, 2.05) is 20.8 Å². The van der Waals surface area contributed by atoms with E-state index in [9.17, 15) is 9.59 Å². The Hall–Kier alpha value is -2.96. The van der Waals surface area contributed by atoms with Crippen molar-refractivity contribution in [2.45, 2.75) is 34.6 Å². The Morgan fingerprint density at radius 2 is 1.46 bits per heavy atom. The van der Waals surface area contributed by atoms with Crippen molar-refractivity contribution < 1.29 is 9.59 Å². The maximum atomic E-state index is 12.9. The van der Waals surface area contributed by atoms with Gasteiger partial charge >= 0.3 is 0 Å². The quantitative estimate of drug-likeness (QED) is 0.884. The van der Waals surface area contributed by atoms with Gasteiger partial charge in [0, 0.05) is 44.5 Å². The number of piperazine rings is 1. The highest BCUT2D eigenvalue weighted by atomic mass is 16.2. The molecule has 0 aliphatic carbocycles. The maximum absolute atomic E-state index is 12.9. The Bertz CT molecular complexity index is 894. The Morgan fingerprint density at radius 1 is 0.893 bits per heavy atom. The van der Waals surface area contributed by atoms with Gasteiger partial charge in [-0.3, -0.25) is 9.59 Å². The van der Waals surface area contributed by atoms with E-state index in [-0.39, 0.29) is 11.8 Å². The summed E-state index contributed by atoms with van der Waals surface area (Å²) in [4.78, 5) is 36.8. The average Bonchev–Trinajstić information content (AvgIpc) is 2.63. The van der Waals surface area contributed by atoms with E-state index in [2.05, 4.69) is 34.3 Å². The number of aryl methyl sites for hydroxylation is 4. The molecule has 7 nitrogen and oxygen atoms in total. The molecule has 0 bridgehead atoms. The molecule has 1 fully saturated rings. The van der Waals surface area contributed by atoms with E-state index in [1.165, 1.54) is 5.56 Å². The minimum absolute atomic E-state index is 0.0419. The van der Waals surface area contributed by atoms with Crippen LogP contribution >= 0.6 is 0 Å². The van der Waals surface area contributed by atoms with Crippen LogP contribution < -0.4 is 5.32 Å². The number of hydrogen-bond acceptors (Lipinski definition) is 5. The molecule has 2 heterocycles. The molecule has 3 rings (SSSR count). The van der Waals surface area contributed by atoms with Crippen molar-refractivity contribution in [3.05, 3.63) is 46.3 Å². The van der Waals surface area contributed by atoms with Crippen LogP contribution in [0.1, 0.15) is 39.8 Å². The molecule has 1 N–H and O–H groups in total. The topological polar surface area (TPSA) is 78.4 Å². The first-order valence-electron chi connectivity index (χ1n) is 9.50. The van der Waals surface area contributed by atoms with Crippen LogP contribution in [0.3, 0.4) is 0 Å². The SMILES string of the molecule is CC(=O)N1CCN(C(=O)c2cc(C)nc(Nc3c(C)cc(C)cc3C)n2)CC1. The molecule has 0 spiro atoms. The van der Waals surface area contributed by atoms with Crippen LogP contribution in [0.2, 0.25) is 0 Å². The lowest BCUT2D eigenvalue weighted by Crippen LogP contribution is -2.50. The van der Waals surface area contributed by atoms with Crippen LogP contribution in [-0.4, -0.2) is 57.8 Å². The highest BCUT2D eigenvalue weighted by molar-refractivity contribution is 5.93. The lowest BCUT2D eigenvalue weighted by atomic mass is 10.1. The van der Waals surface area contributed by atoms with Crippen molar-refractivity contribution in [3.8, 4) is 0 Å². The predicted octanol–water partition coefficient (Wildman–Crippen LogP) is 2.76. The highest BCUT2D eigenvalue weighted by Crippen LogP contribution is 2.25. The van der Waals surface area contributed by atoms with E-state index in [1.54, 1.807) is 22.8 Å². The number of anilines is 2. The van der Waals surface area contributed by atoms with Gasteiger partial charge in [-0.2, -0.15) is 0 Å². The van der Waals surface area contributed by atoms with Gasteiger partial charge in [0.2, 0.25) is 11.9 Å². The summed E-state index contributed by atoms with van der Waals surface area (Å²) in [7, 11) is 0. The third kappa shape index (κ3) is 4.30. The Morgan fingerprint density at radius 3 is 2.04 bits per heavy atom. The van der Waals surface area contributed by atoms with Crippen LogP contribution in [0.5, 0.6) is 0 Å². The number of benzene rings is 1. The van der Waals surface area contributed by atoms with Crippen molar-refractivity contribution in [2.24, 2.45) is 0 Å². The van der Waals surface area contributed by atoms with Crippen LogP contribution in [0.15, 0.2) is 18.2 Å². The predicted molar refractivity (Wildman–Crippen MR) is 109 cm³/mol. The molecule has 148 valence electrons. The van der Waals surface area contributed by atoms with Crippen molar-refractivity contribution in [2.75, 3.05) is 31.5 Å². The van der Waals surface area contributed by atoms with Crippen molar-refractivity contribution in [3.63, 3.8) is 0 Å². The van der Waals surface area contributed by atoms with Crippen molar-refractivity contribution in [1.29, 1.82) is 0 Å². The van der Waals surface area contributed by atoms with Gasteiger partial charge in [-0.25, -0.2) is 9.97 Å². The zero-order chi connectivity index (χ0) is 20.4. The van der Waals surface area contributed by atoms with Gasteiger partial charge in [-0.1, -0.05) is 17.7 Å². The molecule has 0 radical (unpaired) electrons. The summed E-state index contributed by atoms with van der Waals surface area (Å²) in [5, 5.41) is 3.28. The second-order valence-electron chi connectivity index (χ2n) is 7.42. The fourth-order valence-electron chi connectivity index (χ4n) is 3.61. The number of amides is 2. The van der Waals surface area contributed by atoms with E-state index in [4.69, 9.17) is 0 Å². The molecule has 2 aromatic rings. The molecule has 1 aliphatic rings. The zero-order valence-electron chi connectivity index (χ0n) is 17.2. The summed E-state index contributed by atoms with van der Waals surface area (Å²) >= 11 is 0. The molecule has 1 saturated heterocycles. The number of rotatable bonds is 3. The number of carbonyl (C=O) groups is 2. The first-order valence-corrected chi connectivity index (χ1v) is 9.50. The molecule has 28 heavy (non-hydrogen) atoms. The molecule has 2 amide bonds. The molecule has 1 aromatic carbocycles. The van der Waals surface area contributed by atoms with E-state index in [0.717, 1.165) is 22.5 Å². The van der Waals surface area contributed by atoms with Gasteiger partial charge in [0.15, 0.2) is 0 Å². The first kappa shape index (κ1) is 19.8. The average molecular weight is 381 g/mol. The van der Waals surface area contributed by atoms with Gasteiger partial charge < -0.3 is 15.1 Å². The zero-order valence-corrected chi connectivity index (χ0v) is 17.2. The lowest BCUT2D eigenvalue weighted by molar-refractivity contribution is -0.130. The third-order valence-corrected chi connectivity index (χ3v) is 5.00. The molecule has 1 aliphatic heterocycles. The number of hydrogen-bond donors (Lipinski definition) is 1.